The van der Waals surface area contributed by atoms with Gasteiger partial charge in [0.25, 0.3) is 0 Å². The second kappa shape index (κ2) is 7.50. The van der Waals surface area contributed by atoms with Crippen molar-refractivity contribution in [3.63, 3.8) is 0 Å². The minimum Gasteiger partial charge on any atom is -0.439 e. The number of carbonyl (C=O) groups is 1. The Morgan fingerprint density at radius 3 is 2.85 bits per heavy atom. The van der Waals surface area contributed by atoms with Crippen LogP contribution in [0.3, 0.4) is 0 Å². The molecule has 0 bridgehead atoms. The number of H-pyrrole nitrogens is 1. The van der Waals surface area contributed by atoms with E-state index in [1.807, 2.05) is 35.4 Å². The van der Waals surface area contributed by atoms with Gasteiger partial charge in [-0.15, -0.1) is 0 Å². The van der Waals surface area contributed by atoms with Gasteiger partial charge in [0.05, 0.1) is 5.56 Å². The molecule has 6 heteroatoms. The number of carbonyl (C=O) groups excluding carboxylic acids is 1. The van der Waals surface area contributed by atoms with E-state index in [1.165, 1.54) is 6.20 Å². The number of aryl methyl sites for hydroxylation is 1. The average molecular weight is 360 g/mol. The van der Waals surface area contributed by atoms with Crippen molar-refractivity contribution < 1.29 is 9.53 Å². The van der Waals surface area contributed by atoms with Crippen molar-refractivity contribution in [2.75, 3.05) is 13.1 Å². The van der Waals surface area contributed by atoms with Gasteiger partial charge in [-0.3, -0.25) is 4.79 Å². The van der Waals surface area contributed by atoms with Crippen molar-refractivity contribution in [1.82, 2.24) is 14.9 Å². The summed E-state index contributed by atoms with van der Waals surface area (Å²) in [4.78, 5) is 21.6. The predicted molar refractivity (Wildman–Crippen MR) is 101 cm³/mol. The van der Waals surface area contributed by atoms with Crippen LogP contribution in [0.5, 0.6) is 11.6 Å². The Morgan fingerprint density at radius 2 is 2.11 bits per heavy atom. The van der Waals surface area contributed by atoms with Crippen molar-refractivity contribution in [3.05, 3.63) is 53.9 Å². The number of nitriles is 1. The fourth-order valence-corrected chi connectivity index (χ4v) is 3.42. The summed E-state index contributed by atoms with van der Waals surface area (Å²) in [6, 6.07) is 11.2. The Hall–Kier alpha value is -3.33. The Kier molecular flexibility index (Phi) is 4.75. The van der Waals surface area contributed by atoms with E-state index in [0.29, 0.717) is 30.0 Å². The molecule has 1 amide bonds. The van der Waals surface area contributed by atoms with Crippen LogP contribution < -0.4 is 4.74 Å². The first-order valence-corrected chi connectivity index (χ1v) is 9.15. The van der Waals surface area contributed by atoms with Crippen LogP contribution >= 0.6 is 0 Å². The zero-order valence-electron chi connectivity index (χ0n) is 14.9. The predicted octanol–water partition coefficient (Wildman–Crippen LogP) is 3.78. The second-order valence-corrected chi connectivity index (χ2v) is 6.71. The molecule has 4 rings (SSSR count). The molecule has 6 nitrogen and oxygen atoms in total. The molecule has 136 valence electrons. The van der Waals surface area contributed by atoms with Crippen molar-refractivity contribution in [2.45, 2.75) is 25.7 Å². The Labute approximate surface area is 157 Å². The third kappa shape index (κ3) is 3.77. The number of rotatable bonds is 5. The number of nitrogens with one attached hydrogen (secondary N) is 1. The van der Waals surface area contributed by atoms with Gasteiger partial charge < -0.3 is 14.6 Å². The van der Waals surface area contributed by atoms with Gasteiger partial charge in [0.2, 0.25) is 11.8 Å². The SMILES string of the molecule is N#Cc1ccc(Oc2ccc3[nH]cc(CCC(=O)N4CCCC4)c3c2)nc1. The monoisotopic (exact) mass is 360 g/mol. The van der Waals surface area contributed by atoms with Gasteiger partial charge in [-0.1, -0.05) is 0 Å². The topological polar surface area (TPSA) is 82.0 Å². The van der Waals surface area contributed by atoms with Crippen LogP contribution in [-0.4, -0.2) is 33.9 Å². The zero-order valence-corrected chi connectivity index (χ0v) is 14.9. The lowest BCUT2D eigenvalue weighted by Crippen LogP contribution is -2.27. The molecule has 0 aliphatic carbocycles. The zero-order chi connectivity index (χ0) is 18.6. The summed E-state index contributed by atoms with van der Waals surface area (Å²) in [5.41, 5.74) is 2.61. The summed E-state index contributed by atoms with van der Waals surface area (Å²) < 4.78 is 5.81. The molecular formula is C21H20N4O2. The first-order chi connectivity index (χ1) is 13.2. The summed E-state index contributed by atoms with van der Waals surface area (Å²) in [6.45, 7) is 1.78. The van der Waals surface area contributed by atoms with Gasteiger partial charge in [0.1, 0.15) is 11.8 Å². The van der Waals surface area contributed by atoms with E-state index in [0.717, 1.165) is 42.4 Å². The van der Waals surface area contributed by atoms with E-state index in [4.69, 9.17) is 10.00 Å². The molecule has 1 aliphatic rings. The number of aromatic nitrogens is 2. The van der Waals surface area contributed by atoms with E-state index in [-0.39, 0.29) is 5.91 Å². The highest BCUT2D eigenvalue weighted by Gasteiger charge is 2.18. The Bertz CT molecular complexity index is 995. The van der Waals surface area contributed by atoms with E-state index in [1.54, 1.807) is 12.1 Å². The van der Waals surface area contributed by atoms with Gasteiger partial charge in [-0.2, -0.15) is 5.26 Å². The molecule has 1 fully saturated rings. The molecule has 1 aliphatic heterocycles. The third-order valence-electron chi connectivity index (χ3n) is 4.89. The van der Waals surface area contributed by atoms with Gasteiger partial charge in [0.15, 0.2) is 0 Å². The van der Waals surface area contributed by atoms with Crippen molar-refractivity contribution in [1.29, 1.82) is 5.26 Å². The molecule has 2 aromatic heterocycles. The summed E-state index contributed by atoms with van der Waals surface area (Å²) in [5, 5.41) is 9.89. The molecule has 0 saturated carbocycles. The fourth-order valence-electron chi connectivity index (χ4n) is 3.42. The number of benzene rings is 1. The van der Waals surface area contributed by atoms with Crippen LogP contribution in [0, 0.1) is 11.3 Å². The number of hydrogen-bond donors (Lipinski definition) is 1. The maximum atomic E-state index is 12.3. The number of hydrogen-bond acceptors (Lipinski definition) is 4. The quantitative estimate of drug-likeness (QED) is 0.751. The minimum absolute atomic E-state index is 0.232. The molecule has 1 N–H and O–H groups in total. The van der Waals surface area contributed by atoms with Gasteiger partial charge in [0, 0.05) is 48.9 Å². The second-order valence-electron chi connectivity index (χ2n) is 6.71. The summed E-state index contributed by atoms with van der Waals surface area (Å²) >= 11 is 0. The molecular weight excluding hydrogens is 340 g/mol. The first kappa shape index (κ1) is 17.1. The highest BCUT2D eigenvalue weighted by molar-refractivity contribution is 5.85. The average Bonchev–Trinajstić information content (AvgIpc) is 3.37. The van der Waals surface area contributed by atoms with Gasteiger partial charge in [-0.25, -0.2) is 4.98 Å². The highest BCUT2D eigenvalue weighted by Crippen LogP contribution is 2.27. The summed E-state index contributed by atoms with van der Waals surface area (Å²) in [5.74, 6) is 1.34. The Balaban J connectivity index is 1.48. The lowest BCUT2D eigenvalue weighted by Gasteiger charge is -2.14. The number of pyridine rings is 1. The number of aromatic amines is 1. The number of fused-ring (bicyclic) bond motifs is 1. The molecule has 3 heterocycles. The first-order valence-electron chi connectivity index (χ1n) is 9.15. The summed E-state index contributed by atoms with van der Waals surface area (Å²) in [6.07, 6.45) is 6.90. The highest BCUT2D eigenvalue weighted by atomic mass is 16.5. The van der Waals surface area contributed by atoms with Crippen LogP contribution in [-0.2, 0) is 11.2 Å². The maximum absolute atomic E-state index is 12.3. The van der Waals surface area contributed by atoms with Crippen LogP contribution in [0.15, 0.2) is 42.7 Å². The molecule has 27 heavy (non-hydrogen) atoms. The number of likely N-dealkylation sites (tertiary alicyclic amines) is 1. The largest absolute Gasteiger partial charge is 0.439 e. The number of ether oxygens (including phenoxy) is 1. The molecule has 3 aromatic rings. The smallest absolute Gasteiger partial charge is 0.222 e. The van der Waals surface area contributed by atoms with E-state index >= 15 is 0 Å². The van der Waals surface area contributed by atoms with E-state index in [9.17, 15) is 4.79 Å². The molecule has 0 spiro atoms. The van der Waals surface area contributed by atoms with E-state index < -0.39 is 0 Å². The molecule has 0 radical (unpaired) electrons. The van der Waals surface area contributed by atoms with Crippen molar-refractivity contribution in [2.24, 2.45) is 0 Å². The van der Waals surface area contributed by atoms with Gasteiger partial charge >= 0.3 is 0 Å². The fraction of sp³-hybridized carbons (Fsp3) is 0.286. The van der Waals surface area contributed by atoms with Gasteiger partial charge in [-0.05, 0) is 49.1 Å². The van der Waals surface area contributed by atoms with Crippen LogP contribution in [0.2, 0.25) is 0 Å². The third-order valence-corrected chi connectivity index (χ3v) is 4.89. The summed E-state index contributed by atoms with van der Waals surface area (Å²) in [7, 11) is 0. The Morgan fingerprint density at radius 1 is 1.26 bits per heavy atom. The maximum Gasteiger partial charge on any atom is 0.222 e. The van der Waals surface area contributed by atoms with E-state index in [2.05, 4.69) is 9.97 Å². The molecule has 0 atom stereocenters. The lowest BCUT2D eigenvalue weighted by atomic mass is 10.1. The molecule has 1 aromatic carbocycles. The van der Waals surface area contributed by atoms with Crippen molar-refractivity contribution >= 4 is 16.8 Å². The lowest BCUT2D eigenvalue weighted by molar-refractivity contribution is -0.130. The molecule has 0 unspecified atom stereocenters. The molecule has 1 saturated heterocycles. The minimum atomic E-state index is 0.232. The standard InChI is InChI=1S/C21H20N4O2/c22-12-15-3-7-20(24-13-15)27-17-5-6-19-18(11-17)16(14-23-19)4-8-21(26)25-9-1-2-10-25/h3,5-7,11,13-14,23H,1-2,4,8-10H2. The van der Waals surface area contributed by atoms with Crippen LogP contribution in [0.4, 0.5) is 0 Å². The van der Waals surface area contributed by atoms with Crippen molar-refractivity contribution in [3.8, 4) is 17.7 Å². The van der Waals surface area contributed by atoms with Crippen LogP contribution in [0.25, 0.3) is 10.9 Å². The normalized spacial score (nSPS) is 13.7. The number of amides is 1. The number of nitrogens with zero attached hydrogens (tertiary/aromatic N) is 3. The van der Waals surface area contributed by atoms with Crippen LogP contribution in [0.1, 0.15) is 30.4 Å².